The van der Waals surface area contributed by atoms with Crippen LogP contribution in [0.15, 0.2) is 0 Å². The lowest BCUT2D eigenvalue weighted by Gasteiger charge is -2.34. The van der Waals surface area contributed by atoms with E-state index in [0.29, 0.717) is 11.8 Å². The summed E-state index contributed by atoms with van der Waals surface area (Å²) in [6.45, 7) is 4.71. The van der Waals surface area contributed by atoms with E-state index < -0.39 is 0 Å². The minimum Gasteiger partial charge on any atom is -0.198 e. The number of nitriles is 1. The minimum absolute atomic E-state index is 0.336. The Morgan fingerprint density at radius 3 is 2.09 bits per heavy atom. The van der Waals surface area contributed by atoms with Gasteiger partial charge in [-0.15, -0.1) is 0 Å². The Bertz CT molecular complexity index is 359. The Morgan fingerprint density at radius 2 is 1.52 bits per heavy atom. The smallest absolute Gasteiger partial charge is 0.0658 e. The Morgan fingerprint density at radius 1 is 0.913 bits per heavy atom. The van der Waals surface area contributed by atoms with Crippen LogP contribution in [0, 0.1) is 40.9 Å². The predicted molar refractivity (Wildman–Crippen MR) is 108 cm³/mol. The molecule has 2 aliphatic carbocycles. The second-order valence-corrected chi connectivity index (χ2v) is 10.2. The van der Waals surface area contributed by atoms with E-state index in [0.717, 1.165) is 21.7 Å². The first kappa shape index (κ1) is 19.5. The van der Waals surface area contributed by atoms with Crippen molar-refractivity contribution in [2.75, 3.05) is 0 Å². The number of nitrogens with zero attached hydrogens (tertiary/aromatic N) is 1. The van der Waals surface area contributed by atoms with Crippen molar-refractivity contribution in [1.82, 2.24) is 0 Å². The number of hydrogen-bond donors (Lipinski definition) is 0. The van der Waals surface area contributed by atoms with Crippen molar-refractivity contribution in [3.05, 3.63) is 0 Å². The average Bonchev–Trinajstić information content (AvgIpc) is 2.56. The van der Waals surface area contributed by atoms with Crippen molar-refractivity contribution in [3.8, 4) is 6.07 Å². The fourth-order valence-electron chi connectivity index (χ4n) is 5.02. The molecule has 1 nitrogen and oxygen atoms in total. The minimum atomic E-state index is 0.336. The van der Waals surface area contributed by atoms with E-state index in [1.165, 1.54) is 77.0 Å². The van der Waals surface area contributed by atoms with Crippen LogP contribution in [0.2, 0.25) is 0 Å². The summed E-state index contributed by atoms with van der Waals surface area (Å²) in [6.07, 6.45) is 16.2. The molecule has 0 aromatic carbocycles. The highest BCUT2D eigenvalue weighted by Crippen LogP contribution is 2.40. The van der Waals surface area contributed by atoms with E-state index in [9.17, 15) is 5.26 Å². The summed E-state index contributed by atoms with van der Waals surface area (Å²) in [5, 5.41) is 9.68. The van der Waals surface area contributed by atoms with E-state index >= 15 is 0 Å². The topological polar surface area (TPSA) is 23.8 Å². The highest BCUT2D eigenvalue weighted by atomic mass is 127. The molecule has 2 fully saturated rings. The average molecular weight is 429 g/mol. The number of rotatable bonds is 7. The summed E-state index contributed by atoms with van der Waals surface area (Å²) >= 11 is 2.64. The van der Waals surface area contributed by atoms with Gasteiger partial charge < -0.3 is 0 Å². The van der Waals surface area contributed by atoms with E-state index in [1.807, 2.05) is 0 Å². The molecule has 132 valence electrons. The molecule has 23 heavy (non-hydrogen) atoms. The lowest BCUT2D eigenvalue weighted by atomic mass is 9.72. The van der Waals surface area contributed by atoms with Gasteiger partial charge in [-0.3, -0.25) is 0 Å². The molecule has 0 saturated heterocycles. The van der Waals surface area contributed by atoms with Crippen molar-refractivity contribution in [2.45, 2.75) is 94.8 Å². The summed E-state index contributed by atoms with van der Waals surface area (Å²) in [5.74, 6) is 3.77. The van der Waals surface area contributed by atoms with Gasteiger partial charge in [0.25, 0.3) is 0 Å². The normalized spacial score (nSPS) is 34.5. The fraction of sp³-hybridized carbons (Fsp3) is 0.952. The lowest BCUT2D eigenvalue weighted by molar-refractivity contribution is 0.192. The molecular formula is C21H36IN. The van der Waals surface area contributed by atoms with Gasteiger partial charge in [0.15, 0.2) is 0 Å². The molecule has 0 heterocycles. The summed E-state index contributed by atoms with van der Waals surface area (Å²) in [4.78, 5) is 0. The van der Waals surface area contributed by atoms with Crippen LogP contribution in [0.1, 0.15) is 90.9 Å². The van der Waals surface area contributed by atoms with Crippen LogP contribution in [0.3, 0.4) is 0 Å². The summed E-state index contributed by atoms with van der Waals surface area (Å²) in [7, 11) is 0. The molecule has 0 aromatic rings. The molecule has 0 spiro atoms. The Kier molecular flexibility index (Phi) is 8.72. The van der Waals surface area contributed by atoms with Gasteiger partial charge in [-0.2, -0.15) is 5.26 Å². The molecule has 0 bridgehead atoms. The van der Waals surface area contributed by atoms with E-state index in [2.05, 4.69) is 42.5 Å². The van der Waals surface area contributed by atoms with Crippen LogP contribution in [-0.2, 0) is 0 Å². The van der Waals surface area contributed by atoms with E-state index in [-0.39, 0.29) is 0 Å². The van der Waals surface area contributed by atoms with Crippen LogP contribution < -0.4 is 0 Å². The molecule has 2 rings (SSSR count). The summed E-state index contributed by atoms with van der Waals surface area (Å²) in [6, 6.07) is 2.69. The number of alkyl halides is 1. The zero-order chi connectivity index (χ0) is 16.7. The van der Waals surface area contributed by atoms with Gasteiger partial charge in [0.2, 0.25) is 0 Å². The lowest BCUT2D eigenvalue weighted by Crippen LogP contribution is -2.24. The SMILES string of the molecule is CCCC(CCC(C#N)C1CCC(C)CC1)C1CCC(I)CC1. The molecule has 2 heteroatoms. The monoisotopic (exact) mass is 429 g/mol. The van der Waals surface area contributed by atoms with Crippen LogP contribution >= 0.6 is 22.6 Å². The van der Waals surface area contributed by atoms with Crippen LogP contribution in [0.25, 0.3) is 0 Å². The van der Waals surface area contributed by atoms with E-state index in [1.54, 1.807) is 0 Å². The first-order chi connectivity index (χ1) is 11.1. The molecule has 2 aliphatic rings. The van der Waals surface area contributed by atoms with Gasteiger partial charge in [0.1, 0.15) is 0 Å². The highest BCUT2D eigenvalue weighted by Gasteiger charge is 2.29. The number of hydrogen-bond acceptors (Lipinski definition) is 1. The molecular weight excluding hydrogens is 393 g/mol. The fourth-order valence-corrected chi connectivity index (χ4v) is 5.74. The largest absolute Gasteiger partial charge is 0.198 e. The quantitative estimate of drug-likeness (QED) is 0.312. The third-order valence-corrected chi connectivity index (χ3v) is 7.92. The second kappa shape index (κ2) is 10.3. The highest BCUT2D eigenvalue weighted by molar-refractivity contribution is 14.1. The maximum Gasteiger partial charge on any atom is 0.0658 e. The third-order valence-electron chi connectivity index (χ3n) is 6.67. The standard InChI is InChI=1S/C21H36IN/c1-3-4-17(18-11-13-21(22)14-12-18)9-10-20(15-23)19-7-5-16(2)6-8-19/h16-21H,3-14H2,1-2H3. The Balaban J connectivity index is 1.83. The Labute approximate surface area is 158 Å². The molecule has 2 saturated carbocycles. The summed E-state index contributed by atoms with van der Waals surface area (Å²) in [5.41, 5.74) is 0. The van der Waals surface area contributed by atoms with Gasteiger partial charge in [0.05, 0.1) is 6.07 Å². The van der Waals surface area contributed by atoms with Gasteiger partial charge in [0, 0.05) is 9.84 Å². The zero-order valence-electron chi connectivity index (χ0n) is 15.3. The molecule has 2 unspecified atom stereocenters. The molecule has 0 N–H and O–H groups in total. The van der Waals surface area contributed by atoms with Crippen LogP contribution in [-0.4, -0.2) is 3.92 Å². The molecule has 0 aromatic heterocycles. The van der Waals surface area contributed by atoms with Crippen molar-refractivity contribution in [1.29, 1.82) is 5.26 Å². The maximum atomic E-state index is 9.68. The summed E-state index contributed by atoms with van der Waals surface area (Å²) < 4.78 is 0.919. The second-order valence-electron chi connectivity index (χ2n) is 8.39. The van der Waals surface area contributed by atoms with Gasteiger partial charge in [-0.1, -0.05) is 62.1 Å². The third kappa shape index (κ3) is 6.22. The predicted octanol–water partition coefficient (Wildman–Crippen LogP) is 7.14. The van der Waals surface area contributed by atoms with Gasteiger partial charge in [-0.05, 0) is 75.0 Å². The van der Waals surface area contributed by atoms with Crippen molar-refractivity contribution in [3.63, 3.8) is 0 Å². The van der Waals surface area contributed by atoms with Crippen molar-refractivity contribution < 1.29 is 0 Å². The molecule has 2 atom stereocenters. The first-order valence-corrected chi connectivity index (χ1v) is 11.4. The van der Waals surface area contributed by atoms with E-state index in [4.69, 9.17) is 0 Å². The van der Waals surface area contributed by atoms with Gasteiger partial charge in [-0.25, -0.2) is 0 Å². The molecule has 0 amide bonds. The van der Waals surface area contributed by atoms with Crippen molar-refractivity contribution in [2.24, 2.45) is 29.6 Å². The molecule has 0 aliphatic heterocycles. The van der Waals surface area contributed by atoms with Crippen LogP contribution in [0.5, 0.6) is 0 Å². The Hall–Kier alpha value is 0.220. The van der Waals surface area contributed by atoms with Gasteiger partial charge >= 0.3 is 0 Å². The maximum absolute atomic E-state index is 9.68. The van der Waals surface area contributed by atoms with Crippen molar-refractivity contribution >= 4 is 22.6 Å². The molecule has 0 radical (unpaired) electrons. The first-order valence-electron chi connectivity index (χ1n) is 10.2. The zero-order valence-corrected chi connectivity index (χ0v) is 17.4. The number of halogens is 1. The van der Waals surface area contributed by atoms with Crippen LogP contribution in [0.4, 0.5) is 0 Å².